The molecule has 1 aromatic rings. The van der Waals surface area contributed by atoms with Crippen molar-refractivity contribution in [1.82, 2.24) is 12.3 Å². The van der Waals surface area contributed by atoms with Crippen LogP contribution in [0.25, 0.3) is 0 Å². The summed E-state index contributed by atoms with van der Waals surface area (Å²) in [7, 11) is -10.3. The van der Waals surface area contributed by atoms with Crippen LogP contribution in [0.5, 0.6) is 11.5 Å². The molecule has 11 nitrogen and oxygen atoms in total. The highest BCUT2D eigenvalue weighted by Crippen LogP contribution is 2.34. The lowest BCUT2D eigenvalue weighted by Crippen LogP contribution is -2.04. The van der Waals surface area contributed by atoms with Gasteiger partial charge in [-0.15, -0.1) is 0 Å². The van der Waals surface area contributed by atoms with E-state index in [1.807, 2.05) is 0 Å². The van der Waals surface area contributed by atoms with Gasteiger partial charge in [-0.2, -0.15) is 0 Å². The second-order valence-electron chi connectivity index (χ2n) is 2.70. The summed E-state index contributed by atoms with van der Waals surface area (Å²) in [4.78, 5) is -2.50. The number of phenols is 2. The van der Waals surface area contributed by atoms with Gasteiger partial charge in [0.05, 0.1) is 4.90 Å². The highest BCUT2D eigenvalue weighted by atomic mass is 32.2. The SMILES string of the molecule is O.O=S(=O)([O-])c1cc(O)c(O)c(S(=O)(=O)[O-])c1.[NH4+].[NH4+]. The van der Waals surface area contributed by atoms with Gasteiger partial charge >= 0.3 is 0 Å². The molecule has 0 unspecified atom stereocenters. The maximum absolute atomic E-state index is 10.6. The van der Waals surface area contributed by atoms with Gasteiger partial charge in [0, 0.05) is 6.07 Å². The lowest BCUT2D eigenvalue weighted by atomic mass is 10.3. The van der Waals surface area contributed by atoms with Crippen molar-refractivity contribution in [3.63, 3.8) is 0 Å². The molecule has 0 saturated heterocycles. The quantitative estimate of drug-likeness (QED) is 0.379. The molecule has 1 aromatic carbocycles. The second kappa shape index (κ2) is 6.62. The Hall–Kier alpha value is -1.48. The molecule has 0 aliphatic heterocycles. The zero-order chi connectivity index (χ0) is 12.7. The van der Waals surface area contributed by atoms with Crippen LogP contribution in [0, 0.1) is 0 Å². The molecule has 19 heavy (non-hydrogen) atoms. The molecule has 0 amide bonds. The van der Waals surface area contributed by atoms with Crippen molar-refractivity contribution in [1.29, 1.82) is 0 Å². The first kappa shape index (κ1) is 22.7. The van der Waals surface area contributed by atoms with Gasteiger partial charge in [-0.1, -0.05) is 0 Å². The summed E-state index contributed by atoms with van der Waals surface area (Å²) >= 11 is 0. The fourth-order valence-corrected chi connectivity index (χ4v) is 2.11. The second-order valence-corrected chi connectivity index (χ2v) is 5.43. The Kier molecular flexibility index (Phi) is 7.90. The molecule has 0 fully saturated rings. The van der Waals surface area contributed by atoms with E-state index in [4.69, 9.17) is 10.2 Å². The van der Waals surface area contributed by atoms with Crippen LogP contribution in [0.2, 0.25) is 0 Å². The largest absolute Gasteiger partial charge is 0.744 e. The van der Waals surface area contributed by atoms with Gasteiger partial charge in [0.1, 0.15) is 25.1 Å². The highest BCUT2D eigenvalue weighted by Gasteiger charge is 2.16. The van der Waals surface area contributed by atoms with Crippen molar-refractivity contribution in [2.75, 3.05) is 0 Å². The third kappa shape index (κ3) is 4.95. The first-order chi connectivity index (χ1) is 7.03. The lowest BCUT2D eigenvalue weighted by Gasteiger charge is -2.14. The topological polar surface area (TPSA) is 259 Å². The van der Waals surface area contributed by atoms with Gasteiger partial charge in [-0.25, -0.2) is 16.8 Å². The molecule has 0 saturated carbocycles. The third-order valence-electron chi connectivity index (χ3n) is 1.59. The predicted molar refractivity (Wildman–Crippen MR) is 61.3 cm³/mol. The first-order valence-electron chi connectivity index (χ1n) is 3.51. The fourth-order valence-electron chi connectivity index (χ4n) is 0.903. The molecule has 12 N–H and O–H groups in total. The first-order valence-corrected chi connectivity index (χ1v) is 6.33. The average molecular weight is 322 g/mol. The van der Waals surface area contributed by atoms with E-state index < -0.39 is 41.5 Å². The predicted octanol–water partition coefficient (Wildman–Crippen LogP) is -1.17. The van der Waals surface area contributed by atoms with E-state index in [9.17, 15) is 25.9 Å². The van der Waals surface area contributed by atoms with Crippen molar-refractivity contribution in [3.05, 3.63) is 12.1 Å². The van der Waals surface area contributed by atoms with Crippen LogP contribution in [0.4, 0.5) is 0 Å². The van der Waals surface area contributed by atoms with Crippen LogP contribution in [-0.2, 0) is 20.2 Å². The number of benzene rings is 1. The number of rotatable bonds is 2. The normalized spacial score (nSPS) is 10.6. The maximum atomic E-state index is 10.6. The molecule has 0 aromatic heterocycles. The van der Waals surface area contributed by atoms with Gasteiger partial charge in [-0.05, 0) is 6.07 Å². The highest BCUT2D eigenvalue weighted by molar-refractivity contribution is 7.86. The summed E-state index contributed by atoms with van der Waals surface area (Å²) in [5.41, 5.74) is 0. The van der Waals surface area contributed by atoms with Crippen molar-refractivity contribution >= 4 is 20.2 Å². The Morgan fingerprint density at radius 3 is 1.63 bits per heavy atom. The van der Waals surface area contributed by atoms with Gasteiger partial charge in [0.15, 0.2) is 11.5 Å². The maximum Gasteiger partial charge on any atom is 0.175 e. The standard InChI is InChI=1S/C6H6O8S2.2H3N.H2O/c7-4-1-3(15(9,10)11)2-5(6(4)8)16(12,13)14;;;/h1-2,7-8H,(H,9,10,11)(H,12,13,14);2*1H3;1H2. The van der Waals surface area contributed by atoms with Crippen LogP contribution in [0.3, 0.4) is 0 Å². The molecule has 0 aliphatic carbocycles. The zero-order valence-electron chi connectivity index (χ0n) is 9.82. The number of aromatic hydroxyl groups is 2. The molecule has 0 bridgehead atoms. The third-order valence-corrected chi connectivity index (χ3v) is 3.25. The molecule has 0 radical (unpaired) electrons. The van der Waals surface area contributed by atoms with E-state index >= 15 is 0 Å². The molecule has 114 valence electrons. The Morgan fingerprint density at radius 1 is 0.895 bits per heavy atom. The summed E-state index contributed by atoms with van der Waals surface area (Å²) in [6, 6.07) is 0.520. The number of quaternary nitrogens is 2. The van der Waals surface area contributed by atoms with E-state index in [0.29, 0.717) is 6.07 Å². The van der Waals surface area contributed by atoms with Gasteiger partial charge in [0.25, 0.3) is 0 Å². The Labute approximate surface area is 108 Å². The van der Waals surface area contributed by atoms with Crippen molar-refractivity contribution < 1.29 is 41.6 Å². The van der Waals surface area contributed by atoms with Crippen molar-refractivity contribution in [2.45, 2.75) is 9.79 Å². The van der Waals surface area contributed by atoms with Gasteiger partial charge in [0.2, 0.25) is 0 Å². The summed E-state index contributed by atoms with van der Waals surface area (Å²) < 4.78 is 63.3. The molecule has 0 heterocycles. The van der Waals surface area contributed by atoms with Gasteiger partial charge in [-0.3, -0.25) is 0 Å². The van der Waals surface area contributed by atoms with Crippen LogP contribution in [-0.4, -0.2) is 41.6 Å². The Bertz CT molecular complexity index is 637. The Morgan fingerprint density at radius 2 is 1.32 bits per heavy atom. The van der Waals surface area contributed by atoms with E-state index in [2.05, 4.69) is 0 Å². The zero-order valence-corrected chi connectivity index (χ0v) is 11.4. The summed E-state index contributed by atoms with van der Waals surface area (Å²) in [6.45, 7) is 0. The van der Waals surface area contributed by atoms with Crippen LogP contribution in [0.1, 0.15) is 0 Å². The van der Waals surface area contributed by atoms with Crippen LogP contribution in [0.15, 0.2) is 21.9 Å². The molecule has 1 rings (SSSR count). The van der Waals surface area contributed by atoms with Crippen LogP contribution < -0.4 is 12.3 Å². The molecule has 0 atom stereocenters. The van der Waals surface area contributed by atoms with E-state index in [1.165, 1.54) is 0 Å². The van der Waals surface area contributed by atoms with E-state index in [1.54, 1.807) is 0 Å². The van der Waals surface area contributed by atoms with Crippen molar-refractivity contribution in [3.8, 4) is 11.5 Å². The molecular weight excluding hydrogens is 308 g/mol. The molecule has 13 heteroatoms. The van der Waals surface area contributed by atoms with E-state index in [0.717, 1.165) is 0 Å². The fraction of sp³-hybridized carbons (Fsp3) is 0. The lowest BCUT2D eigenvalue weighted by molar-refractivity contribution is 0.384. The van der Waals surface area contributed by atoms with Crippen LogP contribution >= 0.6 is 0 Å². The smallest absolute Gasteiger partial charge is 0.175 e. The average Bonchev–Trinajstić information content (AvgIpc) is 2.05. The minimum absolute atomic E-state index is 0. The summed E-state index contributed by atoms with van der Waals surface area (Å²) in [6.07, 6.45) is 0. The minimum Gasteiger partial charge on any atom is -0.744 e. The summed E-state index contributed by atoms with van der Waals surface area (Å²) in [5, 5.41) is 17.9. The summed E-state index contributed by atoms with van der Waals surface area (Å²) in [5.74, 6) is -2.49. The molecular formula is C6H14N2O9S2. The van der Waals surface area contributed by atoms with Crippen molar-refractivity contribution in [2.24, 2.45) is 0 Å². The number of phenolic OH excluding ortho intramolecular Hbond substituents is 2. The van der Waals surface area contributed by atoms with Gasteiger partial charge < -0.3 is 37.1 Å². The monoisotopic (exact) mass is 322 g/mol. The molecule has 0 spiro atoms. The molecule has 0 aliphatic rings. The van der Waals surface area contributed by atoms with E-state index in [-0.39, 0.29) is 23.8 Å². The Balaban J connectivity index is -0.000000853. The minimum atomic E-state index is -5.20. The number of hydrogen-bond acceptors (Lipinski definition) is 8. The number of hydrogen-bond donors (Lipinski definition) is 4.